The van der Waals surface area contributed by atoms with Crippen LogP contribution in [0.5, 0.6) is 0 Å². The molecule has 1 aromatic carbocycles. The molecule has 1 aromatic heterocycles. The Morgan fingerprint density at radius 1 is 1.07 bits per heavy atom. The van der Waals surface area contributed by atoms with Gasteiger partial charge in [0.15, 0.2) is 0 Å². The van der Waals surface area contributed by atoms with E-state index in [0.29, 0.717) is 0 Å². The molecule has 2 aromatic rings. The highest BCUT2D eigenvalue weighted by atomic mass is 79.9. The van der Waals surface area contributed by atoms with Crippen LogP contribution in [0.25, 0.3) is 0 Å². The number of hydrogen-bond acceptors (Lipinski definition) is 2. The Morgan fingerprint density at radius 2 is 1.79 bits per heavy atom. The minimum Gasteiger partial charge on any atom is -0.384 e. The Balaban J connectivity index is 2.28. The van der Waals surface area contributed by atoms with E-state index < -0.39 is 6.10 Å². The van der Waals surface area contributed by atoms with Crippen LogP contribution in [0, 0.1) is 0 Å². The Bertz CT molecular complexity index is 394. The van der Waals surface area contributed by atoms with Crippen LogP contribution in [0.4, 0.5) is 0 Å². The van der Waals surface area contributed by atoms with Gasteiger partial charge in [0.25, 0.3) is 0 Å². The van der Waals surface area contributed by atoms with Gasteiger partial charge < -0.3 is 5.11 Å². The monoisotopic (exact) mass is 268 g/mol. The molecular formula is C11H9BrOS. The van der Waals surface area contributed by atoms with Gasteiger partial charge in [-0.2, -0.15) is 11.3 Å². The number of benzene rings is 1. The highest BCUT2D eigenvalue weighted by Crippen LogP contribution is 2.24. The summed E-state index contributed by atoms with van der Waals surface area (Å²) in [5.41, 5.74) is 1.88. The Kier molecular flexibility index (Phi) is 3.01. The normalized spacial score (nSPS) is 12.7. The van der Waals surface area contributed by atoms with E-state index in [2.05, 4.69) is 15.9 Å². The molecule has 3 heteroatoms. The summed E-state index contributed by atoms with van der Waals surface area (Å²) in [5.74, 6) is 0. The minimum atomic E-state index is -0.505. The number of thiophene rings is 1. The van der Waals surface area contributed by atoms with E-state index in [1.165, 1.54) is 0 Å². The second-order valence-corrected chi connectivity index (χ2v) is 4.71. The molecule has 2 rings (SSSR count). The third kappa shape index (κ3) is 2.05. The maximum Gasteiger partial charge on any atom is 0.105 e. The quantitative estimate of drug-likeness (QED) is 0.883. The van der Waals surface area contributed by atoms with Crippen LogP contribution in [0.15, 0.2) is 45.6 Å². The Hall–Kier alpha value is -0.640. The lowest BCUT2D eigenvalue weighted by molar-refractivity contribution is 0.221. The van der Waals surface area contributed by atoms with Gasteiger partial charge in [0, 0.05) is 4.47 Å². The number of hydrogen-bond donors (Lipinski definition) is 1. The summed E-state index contributed by atoms with van der Waals surface area (Å²) < 4.78 is 1.03. The van der Waals surface area contributed by atoms with Crippen molar-refractivity contribution < 1.29 is 5.11 Å². The first-order valence-electron chi connectivity index (χ1n) is 4.23. The maximum absolute atomic E-state index is 9.96. The van der Waals surface area contributed by atoms with Crippen LogP contribution in [0.2, 0.25) is 0 Å². The number of aliphatic hydroxyl groups excluding tert-OH is 1. The molecular weight excluding hydrogens is 260 g/mol. The van der Waals surface area contributed by atoms with Gasteiger partial charge in [0.1, 0.15) is 6.10 Å². The molecule has 1 N–H and O–H groups in total. The highest BCUT2D eigenvalue weighted by molar-refractivity contribution is 9.10. The number of aliphatic hydroxyl groups is 1. The van der Waals surface area contributed by atoms with Gasteiger partial charge in [-0.1, -0.05) is 28.1 Å². The van der Waals surface area contributed by atoms with Crippen LogP contribution in [0.1, 0.15) is 17.2 Å². The fraction of sp³-hybridized carbons (Fsp3) is 0.0909. The van der Waals surface area contributed by atoms with E-state index in [4.69, 9.17) is 0 Å². The molecule has 1 heterocycles. The average Bonchev–Trinajstić information content (AvgIpc) is 2.71. The molecule has 72 valence electrons. The SMILES string of the molecule is O[C@H](c1ccc(Br)cc1)c1ccsc1. The predicted octanol–water partition coefficient (Wildman–Crippen LogP) is 3.59. The summed E-state index contributed by atoms with van der Waals surface area (Å²) in [6.45, 7) is 0. The van der Waals surface area contributed by atoms with Gasteiger partial charge in [0.05, 0.1) is 0 Å². The summed E-state index contributed by atoms with van der Waals surface area (Å²) in [4.78, 5) is 0. The molecule has 0 unspecified atom stereocenters. The average molecular weight is 269 g/mol. The molecule has 14 heavy (non-hydrogen) atoms. The Morgan fingerprint density at radius 3 is 2.36 bits per heavy atom. The molecule has 1 atom stereocenters. The van der Waals surface area contributed by atoms with Crippen molar-refractivity contribution in [2.45, 2.75) is 6.10 Å². The number of rotatable bonds is 2. The first-order valence-corrected chi connectivity index (χ1v) is 5.96. The predicted molar refractivity (Wildman–Crippen MR) is 62.5 cm³/mol. The molecule has 1 nitrogen and oxygen atoms in total. The fourth-order valence-electron chi connectivity index (χ4n) is 1.27. The zero-order valence-corrected chi connectivity index (χ0v) is 9.75. The number of halogens is 1. The van der Waals surface area contributed by atoms with Crippen molar-refractivity contribution in [3.63, 3.8) is 0 Å². The van der Waals surface area contributed by atoms with Gasteiger partial charge >= 0.3 is 0 Å². The first-order chi connectivity index (χ1) is 6.77. The van der Waals surface area contributed by atoms with E-state index in [-0.39, 0.29) is 0 Å². The van der Waals surface area contributed by atoms with Gasteiger partial charge in [-0.15, -0.1) is 0 Å². The molecule has 0 bridgehead atoms. The van der Waals surface area contributed by atoms with E-state index in [9.17, 15) is 5.11 Å². The molecule has 0 spiro atoms. The largest absolute Gasteiger partial charge is 0.384 e. The standard InChI is InChI=1S/C11H9BrOS/c12-10-3-1-8(2-4-10)11(13)9-5-6-14-7-9/h1-7,11,13H/t11-/m1/s1. The summed E-state index contributed by atoms with van der Waals surface area (Å²) >= 11 is 4.96. The minimum absolute atomic E-state index is 0.505. The molecule has 0 aliphatic rings. The van der Waals surface area contributed by atoms with Crippen molar-refractivity contribution in [2.24, 2.45) is 0 Å². The summed E-state index contributed by atoms with van der Waals surface area (Å²) in [6, 6.07) is 9.66. The van der Waals surface area contributed by atoms with Crippen LogP contribution in [-0.4, -0.2) is 5.11 Å². The second-order valence-electron chi connectivity index (χ2n) is 3.01. The van der Waals surface area contributed by atoms with E-state index in [0.717, 1.165) is 15.6 Å². The molecule has 0 fully saturated rings. The fourth-order valence-corrected chi connectivity index (χ4v) is 2.21. The van der Waals surface area contributed by atoms with Gasteiger partial charge in [-0.3, -0.25) is 0 Å². The highest BCUT2D eigenvalue weighted by Gasteiger charge is 2.09. The zero-order chi connectivity index (χ0) is 9.97. The molecule has 0 amide bonds. The van der Waals surface area contributed by atoms with Gasteiger partial charge in [-0.25, -0.2) is 0 Å². The summed E-state index contributed by atoms with van der Waals surface area (Å²) in [5, 5.41) is 13.9. The second kappa shape index (κ2) is 4.26. The summed E-state index contributed by atoms with van der Waals surface area (Å²) in [7, 11) is 0. The molecule has 0 saturated carbocycles. The van der Waals surface area contributed by atoms with Crippen molar-refractivity contribution >= 4 is 27.3 Å². The molecule has 0 aliphatic carbocycles. The van der Waals surface area contributed by atoms with Crippen molar-refractivity contribution in [2.75, 3.05) is 0 Å². The zero-order valence-electron chi connectivity index (χ0n) is 7.35. The smallest absolute Gasteiger partial charge is 0.105 e. The van der Waals surface area contributed by atoms with Gasteiger partial charge in [-0.05, 0) is 40.1 Å². The third-order valence-corrected chi connectivity index (χ3v) is 3.27. The van der Waals surface area contributed by atoms with Crippen LogP contribution < -0.4 is 0 Å². The van der Waals surface area contributed by atoms with E-state index in [1.807, 2.05) is 41.1 Å². The third-order valence-electron chi connectivity index (χ3n) is 2.04. The van der Waals surface area contributed by atoms with Crippen LogP contribution >= 0.6 is 27.3 Å². The summed E-state index contributed by atoms with van der Waals surface area (Å²) in [6.07, 6.45) is -0.505. The Labute approximate surface area is 95.2 Å². The molecule has 0 aliphatic heterocycles. The molecule has 0 saturated heterocycles. The van der Waals surface area contributed by atoms with Crippen molar-refractivity contribution in [1.82, 2.24) is 0 Å². The van der Waals surface area contributed by atoms with Crippen LogP contribution in [-0.2, 0) is 0 Å². The lowest BCUT2D eigenvalue weighted by Gasteiger charge is -2.08. The van der Waals surface area contributed by atoms with Crippen molar-refractivity contribution in [3.05, 3.63) is 56.7 Å². The van der Waals surface area contributed by atoms with Crippen LogP contribution in [0.3, 0.4) is 0 Å². The topological polar surface area (TPSA) is 20.2 Å². The van der Waals surface area contributed by atoms with E-state index in [1.54, 1.807) is 11.3 Å². The molecule has 0 radical (unpaired) electrons. The van der Waals surface area contributed by atoms with E-state index >= 15 is 0 Å². The maximum atomic E-state index is 9.96. The van der Waals surface area contributed by atoms with Crippen molar-refractivity contribution in [3.8, 4) is 0 Å². The lowest BCUT2D eigenvalue weighted by Crippen LogP contribution is -1.96. The first kappa shape index (κ1) is 9.90. The van der Waals surface area contributed by atoms with Gasteiger partial charge in [0.2, 0.25) is 0 Å². The van der Waals surface area contributed by atoms with Crippen molar-refractivity contribution in [1.29, 1.82) is 0 Å². The lowest BCUT2D eigenvalue weighted by atomic mass is 10.1.